The lowest BCUT2D eigenvalue weighted by molar-refractivity contribution is 0.865. The van der Waals surface area contributed by atoms with E-state index in [-0.39, 0.29) is 0 Å². The smallest absolute Gasteiger partial charge is 0.120 e. The van der Waals surface area contributed by atoms with Gasteiger partial charge in [-0.1, -0.05) is 6.07 Å². The molecule has 4 heteroatoms. The lowest BCUT2D eigenvalue weighted by Gasteiger charge is -1.99. The molecule has 0 spiro atoms. The van der Waals surface area contributed by atoms with Gasteiger partial charge >= 0.3 is 0 Å². The molecule has 0 bridgehead atoms. The molecule has 0 aliphatic rings. The van der Waals surface area contributed by atoms with Crippen molar-refractivity contribution in [3.05, 3.63) is 53.1 Å². The monoisotopic (exact) mass is 248 g/mol. The van der Waals surface area contributed by atoms with Gasteiger partial charge in [-0.15, -0.1) is 0 Å². The second kappa shape index (κ2) is 5.20. The van der Waals surface area contributed by atoms with Crippen molar-refractivity contribution in [2.24, 2.45) is 7.05 Å². The van der Waals surface area contributed by atoms with Crippen molar-refractivity contribution >= 4 is 11.6 Å². The molecule has 0 amide bonds. The van der Waals surface area contributed by atoms with Crippen molar-refractivity contribution < 1.29 is 0 Å². The average molecular weight is 248 g/mol. The number of nitrogens with zero attached hydrogens (tertiary/aromatic N) is 4. The largest absolute Gasteiger partial charge is 0.339 e. The van der Waals surface area contributed by atoms with Crippen LogP contribution < -0.4 is 0 Å². The molecule has 2 rings (SSSR count). The van der Waals surface area contributed by atoms with Crippen molar-refractivity contribution in [2.45, 2.75) is 6.92 Å². The average Bonchev–Trinajstić information content (AvgIpc) is 2.73. The van der Waals surface area contributed by atoms with Crippen LogP contribution in [0.3, 0.4) is 0 Å². The summed E-state index contributed by atoms with van der Waals surface area (Å²) in [5, 5.41) is 18.2. The standard InChI is InChI=1S/C15H12N4/c1-11-12(8-14(10-17)19(11)2)7-13(9-16)15-5-3-4-6-18-15/h3-8H,1-2H3. The maximum Gasteiger partial charge on any atom is 0.120 e. The Balaban J connectivity index is 2.52. The number of hydrogen-bond donors (Lipinski definition) is 0. The summed E-state index contributed by atoms with van der Waals surface area (Å²) in [6, 6.07) is 11.5. The summed E-state index contributed by atoms with van der Waals surface area (Å²) >= 11 is 0. The van der Waals surface area contributed by atoms with Gasteiger partial charge in [-0.05, 0) is 36.8 Å². The Labute approximate surface area is 111 Å². The van der Waals surface area contributed by atoms with Gasteiger partial charge in [0, 0.05) is 18.9 Å². The second-order valence-corrected chi connectivity index (χ2v) is 4.13. The molecule has 92 valence electrons. The first-order valence-corrected chi connectivity index (χ1v) is 5.77. The maximum absolute atomic E-state index is 9.23. The molecule has 19 heavy (non-hydrogen) atoms. The fourth-order valence-electron chi connectivity index (χ4n) is 1.82. The number of pyridine rings is 1. The highest BCUT2D eigenvalue weighted by Gasteiger charge is 2.09. The van der Waals surface area contributed by atoms with E-state index in [9.17, 15) is 5.26 Å². The van der Waals surface area contributed by atoms with Gasteiger partial charge in [0.15, 0.2) is 0 Å². The maximum atomic E-state index is 9.23. The second-order valence-electron chi connectivity index (χ2n) is 4.13. The zero-order valence-electron chi connectivity index (χ0n) is 10.8. The molecule has 0 atom stereocenters. The summed E-state index contributed by atoms with van der Waals surface area (Å²) in [6.45, 7) is 1.92. The topological polar surface area (TPSA) is 65.4 Å². The number of aromatic nitrogens is 2. The zero-order valence-corrected chi connectivity index (χ0v) is 10.8. The van der Waals surface area contributed by atoms with Crippen LogP contribution in [0.15, 0.2) is 30.5 Å². The zero-order chi connectivity index (χ0) is 13.8. The summed E-state index contributed by atoms with van der Waals surface area (Å²) in [5.41, 5.74) is 3.49. The van der Waals surface area contributed by atoms with E-state index in [2.05, 4.69) is 17.1 Å². The summed E-state index contributed by atoms with van der Waals surface area (Å²) in [7, 11) is 1.83. The predicted molar refractivity (Wildman–Crippen MR) is 72.6 cm³/mol. The van der Waals surface area contributed by atoms with Crippen LogP contribution in [-0.4, -0.2) is 9.55 Å². The number of nitriles is 2. The molecular weight excluding hydrogens is 236 g/mol. The van der Waals surface area contributed by atoms with Gasteiger partial charge in [0.1, 0.15) is 17.8 Å². The quantitative estimate of drug-likeness (QED) is 0.767. The summed E-state index contributed by atoms with van der Waals surface area (Å²) < 4.78 is 1.80. The molecule has 0 radical (unpaired) electrons. The third-order valence-electron chi connectivity index (χ3n) is 3.05. The van der Waals surface area contributed by atoms with Crippen molar-refractivity contribution in [1.82, 2.24) is 9.55 Å². The van der Waals surface area contributed by atoms with E-state index in [1.165, 1.54) is 0 Å². The van der Waals surface area contributed by atoms with Crippen LogP contribution in [-0.2, 0) is 7.05 Å². The molecular formula is C15H12N4. The molecule has 0 aromatic carbocycles. The van der Waals surface area contributed by atoms with E-state index in [1.807, 2.05) is 20.0 Å². The normalized spacial score (nSPS) is 10.8. The third-order valence-corrected chi connectivity index (χ3v) is 3.05. The van der Waals surface area contributed by atoms with Crippen molar-refractivity contribution in [3.8, 4) is 12.1 Å². The highest BCUT2D eigenvalue weighted by Crippen LogP contribution is 2.20. The van der Waals surface area contributed by atoms with E-state index in [1.54, 1.807) is 35.0 Å². The number of rotatable bonds is 2. The van der Waals surface area contributed by atoms with E-state index >= 15 is 0 Å². The van der Waals surface area contributed by atoms with Crippen molar-refractivity contribution in [3.63, 3.8) is 0 Å². The van der Waals surface area contributed by atoms with E-state index in [0.717, 1.165) is 11.3 Å². The molecule has 0 fully saturated rings. The highest BCUT2D eigenvalue weighted by molar-refractivity contribution is 5.88. The fraction of sp³-hybridized carbons (Fsp3) is 0.133. The molecule has 2 aromatic heterocycles. The van der Waals surface area contributed by atoms with Gasteiger partial charge in [0.2, 0.25) is 0 Å². The number of allylic oxidation sites excluding steroid dienone is 1. The lowest BCUT2D eigenvalue weighted by atomic mass is 10.1. The first-order valence-electron chi connectivity index (χ1n) is 5.77. The minimum Gasteiger partial charge on any atom is -0.339 e. The van der Waals surface area contributed by atoms with E-state index in [4.69, 9.17) is 5.26 Å². The Morgan fingerprint density at radius 1 is 1.37 bits per heavy atom. The molecule has 0 saturated carbocycles. The molecule has 0 unspecified atom stereocenters. The molecule has 0 N–H and O–H groups in total. The van der Waals surface area contributed by atoms with Crippen LogP contribution in [0.25, 0.3) is 11.6 Å². The first-order chi connectivity index (χ1) is 9.17. The van der Waals surface area contributed by atoms with Gasteiger partial charge in [-0.2, -0.15) is 10.5 Å². The predicted octanol–water partition coefficient (Wildman–Crippen LogP) is 2.66. The Kier molecular flexibility index (Phi) is 3.45. The Morgan fingerprint density at radius 2 is 2.16 bits per heavy atom. The van der Waals surface area contributed by atoms with Crippen LogP contribution in [0.5, 0.6) is 0 Å². The van der Waals surface area contributed by atoms with Gasteiger partial charge in [0.25, 0.3) is 0 Å². The summed E-state index contributed by atoms with van der Waals surface area (Å²) in [6.07, 6.45) is 3.41. The molecule has 0 aliphatic carbocycles. The summed E-state index contributed by atoms with van der Waals surface area (Å²) in [4.78, 5) is 4.16. The van der Waals surface area contributed by atoms with E-state index in [0.29, 0.717) is 17.0 Å². The third kappa shape index (κ3) is 2.38. The van der Waals surface area contributed by atoms with Gasteiger partial charge < -0.3 is 4.57 Å². The SMILES string of the molecule is Cc1c(C=C(C#N)c2ccccn2)cc(C#N)n1C. The Bertz CT molecular complexity index is 709. The van der Waals surface area contributed by atoms with Crippen LogP contribution >= 0.6 is 0 Å². The van der Waals surface area contributed by atoms with Crippen molar-refractivity contribution in [2.75, 3.05) is 0 Å². The van der Waals surface area contributed by atoms with Crippen LogP contribution in [0, 0.1) is 29.6 Å². The molecule has 0 saturated heterocycles. The van der Waals surface area contributed by atoms with Gasteiger partial charge in [-0.3, -0.25) is 4.98 Å². The molecule has 2 heterocycles. The molecule has 2 aromatic rings. The van der Waals surface area contributed by atoms with Crippen LogP contribution in [0.2, 0.25) is 0 Å². The number of hydrogen-bond acceptors (Lipinski definition) is 3. The first kappa shape index (κ1) is 12.6. The molecule has 4 nitrogen and oxygen atoms in total. The Morgan fingerprint density at radius 3 is 2.68 bits per heavy atom. The lowest BCUT2D eigenvalue weighted by Crippen LogP contribution is -1.94. The summed E-state index contributed by atoms with van der Waals surface area (Å²) in [5.74, 6) is 0. The van der Waals surface area contributed by atoms with Crippen LogP contribution in [0.1, 0.15) is 22.6 Å². The fourth-order valence-corrected chi connectivity index (χ4v) is 1.82. The molecule has 0 aliphatic heterocycles. The van der Waals surface area contributed by atoms with Crippen molar-refractivity contribution in [1.29, 1.82) is 10.5 Å². The highest BCUT2D eigenvalue weighted by atomic mass is 14.9. The Hall–Kier alpha value is -2.85. The minimum absolute atomic E-state index is 0.485. The minimum atomic E-state index is 0.485. The van der Waals surface area contributed by atoms with E-state index < -0.39 is 0 Å². The van der Waals surface area contributed by atoms with Crippen LogP contribution in [0.4, 0.5) is 0 Å². The van der Waals surface area contributed by atoms with Gasteiger partial charge in [-0.25, -0.2) is 0 Å². The van der Waals surface area contributed by atoms with Gasteiger partial charge in [0.05, 0.1) is 11.3 Å².